The van der Waals surface area contributed by atoms with Gasteiger partial charge in [0.15, 0.2) is 17.1 Å². The normalized spacial score (nSPS) is 10.9. The summed E-state index contributed by atoms with van der Waals surface area (Å²) in [5, 5.41) is 10.9. The van der Waals surface area contributed by atoms with Crippen LogP contribution in [-0.2, 0) is 6.54 Å². The number of rotatable bonds is 8. The standard InChI is InChI=1S/C30H27FN4O4/c1-17-5-7-18(8-6-17)16-32-30(36)22-13-23(21-14-25(38-3)26(39-4)15-24(21)37-2)33-29-27(22)28(34-35-29)19-9-11-20(31)12-10-19/h5-15H,16H2,1-4H3,(H,32,36)(H,33,34,35). The van der Waals surface area contributed by atoms with Crippen molar-refractivity contribution < 1.29 is 23.4 Å². The number of carbonyl (C=O) groups is 1. The average Bonchev–Trinajstić information content (AvgIpc) is 3.40. The van der Waals surface area contributed by atoms with Gasteiger partial charge in [0.1, 0.15) is 11.6 Å². The Morgan fingerprint density at radius 1 is 0.897 bits per heavy atom. The summed E-state index contributed by atoms with van der Waals surface area (Å²) in [4.78, 5) is 18.4. The maximum Gasteiger partial charge on any atom is 0.252 e. The van der Waals surface area contributed by atoms with Crippen LogP contribution in [0, 0.1) is 12.7 Å². The van der Waals surface area contributed by atoms with Gasteiger partial charge in [0.05, 0.1) is 43.7 Å². The van der Waals surface area contributed by atoms with Crippen LogP contribution in [0.2, 0.25) is 0 Å². The van der Waals surface area contributed by atoms with Gasteiger partial charge >= 0.3 is 0 Å². The number of carbonyl (C=O) groups excluding carboxylic acids is 1. The Kier molecular flexibility index (Phi) is 7.14. The van der Waals surface area contributed by atoms with Crippen molar-refractivity contribution in [2.75, 3.05) is 21.3 Å². The Bertz CT molecular complexity index is 1650. The third-order valence-electron chi connectivity index (χ3n) is 6.46. The second kappa shape index (κ2) is 10.8. The summed E-state index contributed by atoms with van der Waals surface area (Å²) < 4.78 is 30.1. The summed E-state index contributed by atoms with van der Waals surface area (Å²) in [5.41, 5.74) is 5.06. The van der Waals surface area contributed by atoms with E-state index in [-0.39, 0.29) is 11.7 Å². The van der Waals surface area contributed by atoms with Crippen LogP contribution in [0.4, 0.5) is 4.39 Å². The number of hydrogen-bond donors (Lipinski definition) is 2. The molecule has 0 saturated carbocycles. The predicted octanol–water partition coefficient (Wildman–Crippen LogP) is 5.70. The molecule has 2 heterocycles. The minimum Gasteiger partial charge on any atom is -0.496 e. The SMILES string of the molecule is COc1cc(OC)c(-c2cc(C(=O)NCc3ccc(C)cc3)c3c(-c4ccc(F)cc4)[nH]nc3n2)cc1OC. The fourth-order valence-electron chi connectivity index (χ4n) is 4.38. The van der Waals surface area contributed by atoms with E-state index in [9.17, 15) is 9.18 Å². The van der Waals surface area contributed by atoms with Crippen LogP contribution < -0.4 is 19.5 Å². The quantitative estimate of drug-likeness (QED) is 0.269. The molecule has 0 radical (unpaired) electrons. The van der Waals surface area contributed by atoms with Crippen LogP contribution in [-0.4, -0.2) is 42.4 Å². The maximum atomic E-state index is 13.7. The molecule has 9 heteroatoms. The van der Waals surface area contributed by atoms with Crippen LogP contribution in [0.5, 0.6) is 17.2 Å². The molecule has 39 heavy (non-hydrogen) atoms. The van der Waals surface area contributed by atoms with Gasteiger partial charge in [-0.2, -0.15) is 5.10 Å². The van der Waals surface area contributed by atoms with E-state index in [1.807, 2.05) is 31.2 Å². The lowest BCUT2D eigenvalue weighted by atomic mass is 10.0. The van der Waals surface area contributed by atoms with Gasteiger partial charge in [0, 0.05) is 23.7 Å². The first kappa shape index (κ1) is 25.7. The predicted molar refractivity (Wildman–Crippen MR) is 147 cm³/mol. The third-order valence-corrected chi connectivity index (χ3v) is 6.46. The second-order valence-corrected chi connectivity index (χ2v) is 8.93. The largest absolute Gasteiger partial charge is 0.496 e. The number of halogens is 1. The van der Waals surface area contributed by atoms with Crippen LogP contribution >= 0.6 is 0 Å². The topological polar surface area (TPSA) is 98.4 Å². The Hall–Kier alpha value is -4.92. The zero-order valence-electron chi connectivity index (χ0n) is 22.0. The molecule has 2 aromatic heterocycles. The zero-order valence-corrected chi connectivity index (χ0v) is 22.0. The molecule has 0 aliphatic rings. The Morgan fingerprint density at radius 3 is 2.23 bits per heavy atom. The summed E-state index contributed by atoms with van der Waals surface area (Å²) in [5.74, 6) is 0.788. The molecule has 5 aromatic rings. The van der Waals surface area contributed by atoms with Gasteiger partial charge < -0.3 is 19.5 Å². The van der Waals surface area contributed by atoms with E-state index < -0.39 is 0 Å². The van der Waals surface area contributed by atoms with Gasteiger partial charge in [0.2, 0.25) is 0 Å². The van der Waals surface area contributed by atoms with Gasteiger partial charge in [-0.05, 0) is 48.9 Å². The number of aromatic nitrogens is 3. The van der Waals surface area contributed by atoms with Crippen molar-refractivity contribution in [3.63, 3.8) is 0 Å². The molecule has 0 saturated heterocycles. The minimum atomic E-state index is -0.361. The van der Waals surface area contributed by atoms with Crippen molar-refractivity contribution in [3.8, 4) is 39.8 Å². The summed E-state index contributed by atoms with van der Waals surface area (Å²) >= 11 is 0. The monoisotopic (exact) mass is 526 g/mol. The molecular weight excluding hydrogens is 499 g/mol. The fourth-order valence-corrected chi connectivity index (χ4v) is 4.38. The minimum absolute atomic E-state index is 0.312. The van der Waals surface area contributed by atoms with Crippen molar-refractivity contribution in [1.29, 1.82) is 0 Å². The number of fused-ring (bicyclic) bond motifs is 1. The zero-order chi connectivity index (χ0) is 27.5. The number of aromatic amines is 1. The molecule has 2 N–H and O–H groups in total. The maximum absolute atomic E-state index is 13.7. The van der Waals surface area contributed by atoms with Crippen molar-refractivity contribution >= 4 is 16.9 Å². The molecule has 0 spiro atoms. The number of nitrogens with one attached hydrogen (secondary N) is 2. The van der Waals surface area contributed by atoms with Gasteiger partial charge in [-0.25, -0.2) is 9.37 Å². The highest BCUT2D eigenvalue weighted by Crippen LogP contribution is 2.41. The first-order chi connectivity index (χ1) is 18.9. The molecule has 0 aliphatic heterocycles. The molecule has 0 unspecified atom stereocenters. The first-order valence-corrected chi connectivity index (χ1v) is 12.2. The highest BCUT2D eigenvalue weighted by molar-refractivity contribution is 6.11. The molecule has 3 aromatic carbocycles. The van der Waals surface area contributed by atoms with Gasteiger partial charge in [-0.1, -0.05) is 29.8 Å². The summed E-state index contributed by atoms with van der Waals surface area (Å²) in [6.45, 7) is 2.34. The highest BCUT2D eigenvalue weighted by atomic mass is 19.1. The van der Waals surface area contributed by atoms with E-state index >= 15 is 0 Å². The van der Waals surface area contributed by atoms with E-state index in [1.54, 1.807) is 44.6 Å². The first-order valence-electron chi connectivity index (χ1n) is 12.2. The van der Waals surface area contributed by atoms with Crippen molar-refractivity contribution in [1.82, 2.24) is 20.5 Å². The lowest BCUT2D eigenvalue weighted by molar-refractivity contribution is 0.0952. The van der Waals surface area contributed by atoms with Crippen molar-refractivity contribution in [2.45, 2.75) is 13.5 Å². The summed E-state index contributed by atoms with van der Waals surface area (Å²) in [6, 6.07) is 19.0. The number of hydrogen-bond acceptors (Lipinski definition) is 6. The smallest absolute Gasteiger partial charge is 0.252 e. The molecule has 5 rings (SSSR count). The lowest BCUT2D eigenvalue weighted by Gasteiger charge is -2.15. The van der Waals surface area contributed by atoms with Crippen LogP contribution in [0.25, 0.3) is 33.5 Å². The van der Waals surface area contributed by atoms with Crippen molar-refractivity contribution in [3.05, 3.63) is 89.2 Å². The number of benzene rings is 3. The highest BCUT2D eigenvalue weighted by Gasteiger charge is 2.23. The number of amides is 1. The Morgan fingerprint density at radius 2 is 1.56 bits per heavy atom. The van der Waals surface area contributed by atoms with E-state index in [1.165, 1.54) is 19.2 Å². The molecule has 8 nitrogen and oxygen atoms in total. The average molecular weight is 527 g/mol. The van der Waals surface area contributed by atoms with E-state index in [2.05, 4.69) is 15.5 Å². The molecule has 0 atom stereocenters. The summed E-state index contributed by atoms with van der Waals surface area (Å²) in [7, 11) is 4.62. The molecule has 0 fully saturated rings. The number of methoxy groups -OCH3 is 3. The molecule has 0 aliphatic carbocycles. The molecule has 1 amide bonds. The number of H-pyrrole nitrogens is 1. The number of aryl methyl sites for hydroxylation is 1. The van der Waals surface area contributed by atoms with Crippen LogP contribution in [0.1, 0.15) is 21.5 Å². The third kappa shape index (κ3) is 5.11. The van der Waals surface area contributed by atoms with Gasteiger partial charge in [0.25, 0.3) is 5.91 Å². The lowest BCUT2D eigenvalue weighted by Crippen LogP contribution is -2.23. The number of ether oxygens (including phenoxy) is 3. The van der Waals surface area contributed by atoms with Gasteiger partial charge in [-0.3, -0.25) is 9.89 Å². The van der Waals surface area contributed by atoms with E-state index in [4.69, 9.17) is 19.2 Å². The Balaban J connectivity index is 1.66. The molecule has 0 bridgehead atoms. The number of nitrogens with zero attached hydrogens (tertiary/aromatic N) is 2. The van der Waals surface area contributed by atoms with E-state index in [0.29, 0.717) is 62.9 Å². The van der Waals surface area contributed by atoms with Crippen LogP contribution in [0.3, 0.4) is 0 Å². The summed E-state index contributed by atoms with van der Waals surface area (Å²) in [6.07, 6.45) is 0. The number of pyridine rings is 1. The van der Waals surface area contributed by atoms with Crippen molar-refractivity contribution in [2.24, 2.45) is 0 Å². The van der Waals surface area contributed by atoms with Gasteiger partial charge in [-0.15, -0.1) is 0 Å². The molecule has 198 valence electrons. The van der Waals surface area contributed by atoms with E-state index in [0.717, 1.165) is 11.1 Å². The fraction of sp³-hybridized carbons (Fsp3) is 0.167. The Labute approximate surface area is 224 Å². The molecular formula is C30H27FN4O4. The van der Waals surface area contributed by atoms with Crippen LogP contribution in [0.15, 0.2) is 66.7 Å². The second-order valence-electron chi connectivity index (χ2n) is 8.93.